The highest BCUT2D eigenvalue weighted by Gasteiger charge is 2.34. The molecule has 3 fully saturated rings. The molecule has 0 aliphatic heterocycles. The van der Waals surface area contributed by atoms with Gasteiger partial charge in [0.25, 0.3) is 0 Å². The Bertz CT molecular complexity index is 330. The second-order valence-corrected chi connectivity index (χ2v) is 9.80. The lowest BCUT2D eigenvalue weighted by Gasteiger charge is -2.41. The van der Waals surface area contributed by atoms with Crippen molar-refractivity contribution in [2.75, 3.05) is 0 Å². The van der Waals surface area contributed by atoms with Crippen molar-refractivity contribution in [3.8, 4) is 0 Å². The molecular formula is C24H44. The van der Waals surface area contributed by atoms with E-state index in [1.807, 2.05) is 0 Å². The minimum absolute atomic E-state index is 1.07. The summed E-state index contributed by atoms with van der Waals surface area (Å²) in [6, 6.07) is 0. The van der Waals surface area contributed by atoms with E-state index >= 15 is 0 Å². The van der Waals surface area contributed by atoms with Crippen LogP contribution in [-0.4, -0.2) is 0 Å². The van der Waals surface area contributed by atoms with Crippen LogP contribution in [-0.2, 0) is 0 Å². The third-order valence-electron chi connectivity index (χ3n) is 8.41. The summed E-state index contributed by atoms with van der Waals surface area (Å²) in [5, 5.41) is 0. The summed E-state index contributed by atoms with van der Waals surface area (Å²) in [6.45, 7) is 4.76. The van der Waals surface area contributed by atoms with Gasteiger partial charge in [0, 0.05) is 0 Å². The second kappa shape index (κ2) is 9.63. The fourth-order valence-electron chi connectivity index (χ4n) is 6.66. The third kappa shape index (κ3) is 5.01. The summed E-state index contributed by atoms with van der Waals surface area (Å²) in [5.74, 6) is 6.59. The van der Waals surface area contributed by atoms with Gasteiger partial charge in [-0.2, -0.15) is 0 Å². The molecule has 0 N–H and O–H groups in total. The quantitative estimate of drug-likeness (QED) is 0.462. The van der Waals surface area contributed by atoms with Crippen molar-refractivity contribution in [1.29, 1.82) is 0 Å². The van der Waals surface area contributed by atoms with Gasteiger partial charge in [-0.15, -0.1) is 0 Å². The lowest BCUT2D eigenvalue weighted by atomic mass is 9.64. The smallest absolute Gasteiger partial charge is 0.0383 e. The molecule has 0 bridgehead atoms. The SMILES string of the molecule is CCCCC1CCC(C2CCC(C3CCCC(CC)C3)CC2)CC1. The van der Waals surface area contributed by atoms with E-state index in [0.29, 0.717) is 0 Å². The Kier molecular flexibility index (Phi) is 7.54. The largest absolute Gasteiger partial charge is 0.0654 e. The highest BCUT2D eigenvalue weighted by atomic mass is 14.4. The van der Waals surface area contributed by atoms with Crippen LogP contribution >= 0.6 is 0 Å². The summed E-state index contributed by atoms with van der Waals surface area (Å²) in [5.41, 5.74) is 0. The van der Waals surface area contributed by atoms with E-state index < -0.39 is 0 Å². The van der Waals surface area contributed by atoms with Gasteiger partial charge < -0.3 is 0 Å². The Labute approximate surface area is 152 Å². The molecule has 0 aromatic heterocycles. The van der Waals surface area contributed by atoms with Gasteiger partial charge in [0.1, 0.15) is 0 Å². The molecule has 3 aliphatic rings. The molecule has 0 saturated heterocycles. The van der Waals surface area contributed by atoms with Crippen LogP contribution in [0.4, 0.5) is 0 Å². The highest BCUT2D eigenvalue weighted by molar-refractivity contribution is 4.86. The topological polar surface area (TPSA) is 0 Å². The predicted molar refractivity (Wildman–Crippen MR) is 106 cm³/mol. The second-order valence-electron chi connectivity index (χ2n) is 9.80. The first-order valence-electron chi connectivity index (χ1n) is 11.8. The molecule has 3 rings (SSSR count). The molecule has 3 aliphatic carbocycles. The van der Waals surface area contributed by atoms with E-state index in [1.165, 1.54) is 38.5 Å². The normalized spacial score (nSPS) is 41.2. The lowest BCUT2D eigenvalue weighted by molar-refractivity contribution is 0.0993. The summed E-state index contributed by atoms with van der Waals surface area (Å²) in [4.78, 5) is 0. The highest BCUT2D eigenvalue weighted by Crippen LogP contribution is 2.46. The first-order valence-corrected chi connectivity index (χ1v) is 11.8. The molecule has 0 aromatic carbocycles. The Hall–Kier alpha value is 0. The van der Waals surface area contributed by atoms with E-state index in [1.54, 1.807) is 64.2 Å². The van der Waals surface area contributed by atoms with Crippen molar-refractivity contribution in [1.82, 2.24) is 0 Å². The monoisotopic (exact) mass is 332 g/mol. The van der Waals surface area contributed by atoms with Crippen LogP contribution in [0.3, 0.4) is 0 Å². The van der Waals surface area contributed by atoms with Gasteiger partial charge in [-0.3, -0.25) is 0 Å². The predicted octanol–water partition coefficient (Wildman–Crippen LogP) is 8.01. The fourth-order valence-corrected chi connectivity index (χ4v) is 6.66. The maximum atomic E-state index is 2.42. The Morgan fingerprint density at radius 1 is 0.583 bits per heavy atom. The van der Waals surface area contributed by atoms with Gasteiger partial charge >= 0.3 is 0 Å². The summed E-state index contributed by atoms with van der Waals surface area (Å²) < 4.78 is 0. The van der Waals surface area contributed by atoms with Crippen molar-refractivity contribution in [2.45, 2.75) is 117 Å². The maximum absolute atomic E-state index is 2.42. The lowest BCUT2D eigenvalue weighted by Crippen LogP contribution is -2.30. The van der Waals surface area contributed by atoms with Gasteiger partial charge in [0.15, 0.2) is 0 Å². The van der Waals surface area contributed by atoms with Gasteiger partial charge in [-0.25, -0.2) is 0 Å². The van der Waals surface area contributed by atoms with Gasteiger partial charge in [-0.05, 0) is 80.5 Å². The number of unbranched alkanes of at least 4 members (excludes halogenated alkanes) is 1. The minimum atomic E-state index is 1.07. The van der Waals surface area contributed by atoms with Crippen LogP contribution in [0, 0.1) is 35.5 Å². The van der Waals surface area contributed by atoms with Gasteiger partial charge in [0.2, 0.25) is 0 Å². The van der Waals surface area contributed by atoms with Crippen molar-refractivity contribution in [3.05, 3.63) is 0 Å². The van der Waals surface area contributed by atoms with E-state index in [0.717, 1.165) is 35.5 Å². The zero-order valence-electron chi connectivity index (χ0n) is 16.8. The molecule has 140 valence electrons. The van der Waals surface area contributed by atoms with Crippen LogP contribution in [0.2, 0.25) is 0 Å². The third-order valence-corrected chi connectivity index (χ3v) is 8.41. The molecule has 0 heterocycles. The molecule has 0 radical (unpaired) electrons. The fraction of sp³-hybridized carbons (Fsp3) is 1.00. The molecule has 3 saturated carbocycles. The van der Waals surface area contributed by atoms with Crippen LogP contribution in [0.15, 0.2) is 0 Å². The van der Waals surface area contributed by atoms with E-state index in [2.05, 4.69) is 13.8 Å². The first kappa shape index (κ1) is 18.8. The number of hydrogen-bond acceptors (Lipinski definition) is 0. The standard InChI is InChI=1S/C24H44/c1-3-5-7-20-10-12-21(13-11-20)22-14-16-23(17-15-22)24-9-6-8-19(4-2)18-24/h19-24H,3-18H2,1-2H3. The van der Waals surface area contributed by atoms with E-state index in [-0.39, 0.29) is 0 Å². The van der Waals surface area contributed by atoms with Crippen molar-refractivity contribution in [3.63, 3.8) is 0 Å². The molecule has 0 nitrogen and oxygen atoms in total. The molecule has 0 spiro atoms. The average molecular weight is 333 g/mol. The van der Waals surface area contributed by atoms with Crippen LogP contribution in [0.5, 0.6) is 0 Å². The molecule has 0 aromatic rings. The molecule has 2 unspecified atom stereocenters. The van der Waals surface area contributed by atoms with Crippen LogP contribution < -0.4 is 0 Å². The first-order chi connectivity index (χ1) is 11.8. The summed E-state index contributed by atoms with van der Waals surface area (Å²) in [7, 11) is 0. The Morgan fingerprint density at radius 2 is 1.17 bits per heavy atom. The molecular weight excluding hydrogens is 288 g/mol. The van der Waals surface area contributed by atoms with E-state index in [4.69, 9.17) is 0 Å². The van der Waals surface area contributed by atoms with E-state index in [9.17, 15) is 0 Å². The maximum Gasteiger partial charge on any atom is -0.0383 e. The van der Waals surface area contributed by atoms with Crippen LogP contribution in [0.25, 0.3) is 0 Å². The molecule has 0 amide bonds. The number of hydrogen-bond donors (Lipinski definition) is 0. The number of rotatable bonds is 6. The zero-order chi connectivity index (χ0) is 16.8. The molecule has 0 heteroatoms. The van der Waals surface area contributed by atoms with Gasteiger partial charge in [-0.1, -0.05) is 71.6 Å². The minimum Gasteiger partial charge on any atom is -0.0654 e. The summed E-state index contributed by atoms with van der Waals surface area (Å²) in [6.07, 6.45) is 24.6. The molecule has 2 atom stereocenters. The zero-order valence-corrected chi connectivity index (χ0v) is 16.8. The Balaban J connectivity index is 1.38. The molecule has 24 heavy (non-hydrogen) atoms. The summed E-state index contributed by atoms with van der Waals surface area (Å²) >= 11 is 0. The van der Waals surface area contributed by atoms with Crippen LogP contribution in [0.1, 0.15) is 117 Å². The van der Waals surface area contributed by atoms with Crippen molar-refractivity contribution in [2.24, 2.45) is 35.5 Å². The van der Waals surface area contributed by atoms with Gasteiger partial charge in [0.05, 0.1) is 0 Å². The average Bonchev–Trinajstić information content (AvgIpc) is 2.67. The van der Waals surface area contributed by atoms with Crippen molar-refractivity contribution >= 4 is 0 Å². The van der Waals surface area contributed by atoms with Crippen molar-refractivity contribution < 1.29 is 0 Å². The Morgan fingerprint density at radius 3 is 1.75 bits per heavy atom.